The van der Waals surface area contributed by atoms with Crippen molar-refractivity contribution in [1.82, 2.24) is 5.32 Å². The van der Waals surface area contributed by atoms with Gasteiger partial charge in [0.15, 0.2) is 0 Å². The highest BCUT2D eigenvalue weighted by Crippen LogP contribution is 2.36. The van der Waals surface area contributed by atoms with E-state index in [1.54, 1.807) is 36.5 Å². The molecular weight excluding hydrogens is 269 g/mol. The van der Waals surface area contributed by atoms with E-state index in [1.807, 2.05) is 0 Å². The van der Waals surface area contributed by atoms with Gasteiger partial charge in [0.25, 0.3) is 0 Å². The minimum atomic E-state index is -5.90. The third kappa shape index (κ3) is 3.21. The predicted molar refractivity (Wildman–Crippen MR) is 58.7 cm³/mol. The highest BCUT2D eigenvalue weighted by Gasteiger charge is 2.63. The Morgan fingerprint density at radius 1 is 1.16 bits per heavy atom. The van der Waals surface area contributed by atoms with Crippen molar-refractivity contribution in [2.24, 2.45) is 0 Å². The van der Waals surface area contributed by atoms with Crippen LogP contribution in [0.2, 0.25) is 0 Å². The summed E-state index contributed by atoms with van der Waals surface area (Å²) in [6.45, 7) is 3.01. The van der Waals surface area contributed by atoms with Gasteiger partial charge in [-0.15, -0.1) is 0 Å². The highest BCUT2D eigenvalue weighted by molar-refractivity contribution is 5.84. The van der Waals surface area contributed by atoms with Crippen molar-refractivity contribution in [2.75, 3.05) is 0 Å². The van der Waals surface area contributed by atoms with Gasteiger partial charge in [-0.1, -0.05) is 24.3 Å². The zero-order valence-corrected chi connectivity index (χ0v) is 10.2. The van der Waals surface area contributed by atoms with Crippen LogP contribution in [0.15, 0.2) is 24.3 Å². The monoisotopic (exact) mass is 281 g/mol. The normalized spacial score (nSPS) is 14.1. The summed E-state index contributed by atoms with van der Waals surface area (Å²) >= 11 is 0. The number of hydrogen-bond donors (Lipinski definition) is 1. The summed E-state index contributed by atoms with van der Waals surface area (Å²) < 4.78 is 61.5. The predicted octanol–water partition coefficient (Wildman–Crippen LogP) is 3.37. The smallest absolute Gasteiger partial charge is 0.344 e. The molecule has 7 heteroatoms. The minimum Gasteiger partial charge on any atom is -0.344 e. The summed E-state index contributed by atoms with van der Waals surface area (Å²) in [5.41, 5.74) is 1.17. The van der Waals surface area contributed by atoms with Crippen LogP contribution < -0.4 is 5.32 Å². The van der Waals surface area contributed by atoms with Crippen molar-refractivity contribution in [1.29, 1.82) is 0 Å². The highest BCUT2D eigenvalue weighted by atomic mass is 19.4. The Kier molecular flexibility index (Phi) is 4.17. The van der Waals surface area contributed by atoms with Crippen LogP contribution in [0.5, 0.6) is 0 Å². The average molecular weight is 281 g/mol. The number of nitrogens with one attached hydrogen (secondary N) is 1. The first-order valence-electron chi connectivity index (χ1n) is 5.38. The van der Waals surface area contributed by atoms with Crippen molar-refractivity contribution >= 4 is 5.91 Å². The summed E-state index contributed by atoms with van der Waals surface area (Å²) in [6, 6.07) is 5.57. The number of benzene rings is 1. The lowest BCUT2D eigenvalue weighted by molar-refractivity contribution is -0.270. The van der Waals surface area contributed by atoms with Crippen LogP contribution in [0.3, 0.4) is 0 Å². The number of amides is 1. The fraction of sp³-hybridized carbons (Fsp3) is 0.417. The quantitative estimate of drug-likeness (QED) is 0.846. The topological polar surface area (TPSA) is 29.1 Å². The Labute approximate surface area is 106 Å². The van der Waals surface area contributed by atoms with Gasteiger partial charge >= 0.3 is 18.0 Å². The van der Waals surface area contributed by atoms with Gasteiger partial charge in [-0.3, -0.25) is 4.79 Å². The van der Waals surface area contributed by atoms with Gasteiger partial charge in [0.1, 0.15) is 0 Å². The van der Waals surface area contributed by atoms with Crippen LogP contribution in [0, 0.1) is 6.92 Å². The van der Waals surface area contributed by atoms with E-state index >= 15 is 0 Å². The molecule has 0 spiro atoms. The number of rotatable bonds is 3. The molecule has 106 valence electrons. The van der Waals surface area contributed by atoms with Crippen LogP contribution in [-0.2, 0) is 4.79 Å². The molecule has 0 bridgehead atoms. The number of aryl methyl sites for hydroxylation is 1. The molecule has 0 radical (unpaired) electrons. The van der Waals surface area contributed by atoms with E-state index in [0.29, 0.717) is 11.1 Å². The van der Waals surface area contributed by atoms with Crippen molar-refractivity contribution in [3.05, 3.63) is 35.4 Å². The van der Waals surface area contributed by atoms with Crippen molar-refractivity contribution in [2.45, 2.75) is 32.0 Å². The first kappa shape index (κ1) is 15.4. The summed E-state index contributed by atoms with van der Waals surface area (Å²) in [4.78, 5) is 11.0. The van der Waals surface area contributed by atoms with E-state index in [1.165, 1.54) is 6.92 Å². The van der Waals surface area contributed by atoms with E-state index in [9.17, 15) is 26.7 Å². The molecule has 0 aliphatic rings. The van der Waals surface area contributed by atoms with E-state index in [4.69, 9.17) is 0 Å². The van der Waals surface area contributed by atoms with Crippen LogP contribution in [0.25, 0.3) is 0 Å². The summed E-state index contributed by atoms with van der Waals surface area (Å²) in [5, 5.41) is 1.67. The Morgan fingerprint density at radius 3 is 2.16 bits per heavy atom. The maximum absolute atomic E-state index is 12.8. The molecule has 0 saturated heterocycles. The van der Waals surface area contributed by atoms with Crippen LogP contribution >= 0.6 is 0 Å². The maximum atomic E-state index is 12.8. The number of hydrogen-bond acceptors (Lipinski definition) is 1. The average Bonchev–Trinajstić information content (AvgIpc) is 2.27. The molecule has 0 aromatic heterocycles. The Balaban J connectivity index is 2.87. The van der Waals surface area contributed by atoms with E-state index in [0.717, 1.165) is 0 Å². The molecule has 19 heavy (non-hydrogen) atoms. The first-order chi connectivity index (χ1) is 8.57. The minimum absolute atomic E-state index is 0.480. The van der Waals surface area contributed by atoms with Gasteiger partial charge < -0.3 is 5.32 Å². The standard InChI is InChI=1S/C12H12F5NO/c1-7-5-3-4-6-9(7)8(2)18-10(19)11(13,14)12(15,16)17/h3-6,8H,1-2H3,(H,18,19)/t8-/m1/s1. The zero-order valence-electron chi connectivity index (χ0n) is 10.2. The molecule has 1 amide bonds. The molecule has 0 aliphatic carbocycles. The van der Waals surface area contributed by atoms with Gasteiger partial charge in [-0.25, -0.2) is 0 Å². The van der Waals surface area contributed by atoms with E-state index in [2.05, 4.69) is 0 Å². The summed E-state index contributed by atoms with van der Waals surface area (Å²) in [5.74, 6) is -7.75. The number of alkyl halides is 5. The molecule has 2 nitrogen and oxygen atoms in total. The third-order valence-corrected chi connectivity index (χ3v) is 2.64. The van der Waals surface area contributed by atoms with Crippen molar-refractivity contribution in [3.8, 4) is 0 Å². The van der Waals surface area contributed by atoms with Gasteiger partial charge in [0, 0.05) is 0 Å². The molecule has 1 aromatic carbocycles. The lowest BCUT2D eigenvalue weighted by atomic mass is 10.0. The fourth-order valence-corrected chi connectivity index (χ4v) is 1.57. The maximum Gasteiger partial charge on any atom is 0.463 e. The Hall–Kier alpha value is -1.66. The molecule has 0 unspecified atom stereocenters. The largest absolute Gasteiger partial charge is 0.463 e. The molecule has 1 rings (SSSR count). The summed E-state index contributed by atoms with van der Waals surface area (Å²) in [6.07, 6.45) is -5.90. The molecule has 0 saturated carbocycles. The van der Waals surface area contributed by atoms with Crippen LogP contribution in [0.1, 0.15) is 24.1 Å². The lowest BCUT2D eigenvalue weighted by Gasteiger charge is -2.22. The van der Waals surface area contributed by atoms with E-state index in [-0.39, 0.29) is 0 Å². The van der Waals surface area contributed by atoms with E-state index < -0.39 is 24.0 Å². The molecule has 1 atom stereocenters. The number of carbonyl (C=O) groups is 1. The van der Waals surface area contributed by atoms with Crippen molar-refractivity contribution < 1.29 is 26.7 Å². The Morgan fingerprint density at radius 2 is 1.68 bits per heavy atom. The van der Waals surface area contributed by atoms with Crippen molar-refractivity contribution in [3.63, 3.8) is 0 Å². The zero-order chi connectivity index (χ0) is 14.8. The number of halogens is 5. The summed E-state index contributed by atoms with van der Waals surface area (Å²) in [7, 11) is 0. The van der Waals surface area contributed by atoms with Crippen LogP contribution in [-0.4, -0.2) is 18.0 Å². The van der Waals surface area contributed by atoms with Gasteiger partial charge in [0.2, 0.25) is 0 Å². The molecule has 1 aromatic rings. The molecule has 0 aliphatic heterocycles. The SMILES string of the molecule is Cc1ccccc1[C@@H](C)NC(=O)C(F)(F)C(F)(F)F. The molecular formula is C12H12F5NO. The third-order valence-electron chi connectivity index (χ3n) is 2.64. The number of carbonyl (C=O) groups excluding carboxylic acids is 1. The van der Waals surface area contributed by atoms with Gasteiger partial charge in [-0.2, -0.15) is 22.0 Å². The first-order valence-corrected chi connectivity index (χ1v) is 5.38. The van der Waals surface area contributed by atoms with Gasteiger partial charge in [-0.05, 0) is 25.0 Å². The second kappa shape index (κ2) is 5.14. The molecule has 0 fully saturated rings. The molecule has 1 N–H and O–H groups in total. The van der Waals surface area contributed by atoms with Crippen LogP contribution in [0.4, 0.5) is 22.0 Å². The second-order valence-corrected chi connectivity index (χ2v) is 4.12. The Bertz CT molecular complexity index is 469. The second-order valence-electron chi connectivity index (χ2n) is 4.12. The van der Waals surface area contributed by atoms with Gasteiger partial charge in [0.05, 0.1) is 6.04 Å². The molecule has 0 heterocycles. The lowest BCUT2D eigenvalue weighted by Crippen LogP contribution is -2.50. The fourth-order valence-electron chi connectivity index (χ4n) is 1.57.